The predicted molar refractivity (Wildman–Crippen MR) is 73.3 cm³/mol. The molecule has 0 amide bonds. The van der Waals surface area contributed by atoms with Crippen LogP contribution in [0.2, 0.25) is 0 Å². The zero-order valence-corrected chi connectivity index (χ0v) is 11.5. The van der Waals surface area contributed by atoms with E-state index < -0.39 is 0 Å². The van der Waals surface area contributed by atoms with Gasteiger partial charge in [0.25, 0.3) is 0 Å². The number of aryl methyl sites for hydroxylation is 1. The Balaban J connectivity index is 2.48. The number of aromatic nitrogens is 1. The van der Waals surface area contributed by atoms with Crippen molar-refractivity contribution in [3.8, 4) is 22.1 Å². The lowest BCUT2D eigenvalue weighted by Gasteiger charge is -2.08. The molecule has 0 fully saturated rings. The fourth-order valence-corrected chi connectivity index (χ4v) is 2.68. The Labute approximate surface area is 110 Å². The first-order valence-electron chi connectivity index (χ1n) is 5.58. The average molecular weight is 264 g/mol. The molecule has 1 heterocycles. The van der Waals surface area contributed by atoms with E-state index in [1.807, 2.05) is 25.1 Å². The zero-order chi connectivity index (χ0) is 13.1. The maximum absolute atomic E-state index is 5.68. The summed E-state index contributed by atoms with van der Waals surface area (Å²) >= 11 is 1.60. The molecule has 0 bridgehead atoms. The van der Waals surface area contributed by atoms with Crippen LogP contribution in [-0.4, -0.2) is 19.2 Å². The number of methoxy groups -OCH3 is 2. The molecule has 0 atom stereocenters. The van der Waals surface area contributed by atoms with Gasteiger partial charge in [0.1, 0.15) is 16.5 Å². The van der Waals surface area contributed by atoms with Gasteiger partial charge >= 0.3 is 0 Å². The molecule has 0 radical (unpaired) electrons. The summed E-state index contributed by atoms with van der Waals surface area (Å²) in [7, 11) is 3.27. The van der Waals surface area contributed by atoms with Crippen LogP contribution < -0.4 is 15.2 Å². The molecular formula is C13H16N2O2S. The Bertz CT molecular complexity index is 552. The Kier molecular flexibility index (Phi) is 3.84. The van der Waals surface area contributed by atoms with Gasteiger partial charge in [-0.15, -0.1) is 11.3 Å². The second-order valence-corrected chi connectivity index (χ2v) is 4.88. The highest BCUT2D eigenvalue weighted by atomic mass is 32.1. The first kappa shape index (κ1) is 12.9. The van der Waals surface area contributed by atoms with Crippen molar-refractivity contribution >= 4 is 11.3 Å². The molecule has 0 aliphatic carbocycles. The average Bonchev–Trinajstić information content (AvgIpc) is 2.79. The van der Waals surface area contributed by atoms with Gasteiger partial charge in [-0.05, 0) is 19.1 Å². The molecule has 2 rings (SSSR count). The number of hydrogen-bond acceptors (Lipinski definition) is 5. The van der Waals surface area contributed by atoms with Crippen LogP contribution >= 0.6 is 11.3 Å². The van der Waals surface area contributed by atoms with Gasteiger partial charge in [0.15, 0.2) is 0 Å². The van der Waals surface area contributed by atoms with E-state index in [0.717, 1.165) is 32.6 Å². The van der Waals surface area contributed by atoms with Crippen LogP contribution in [0.25, 0.3) is 10.6 Å². The second-order valence-electron chi connectivity index (χ2n) is 3.80. The number of rotatable bonds is 4. The van der Waals surface area contributed by atoms with Crippen molar-refractivity contribution in [3.05, 3.63) is 28.8 Å². The Hall–Kier alpha value is -1.59. The molecule has 1 aromatic carbocycles. The Morgan fingerprint density at radius 2 is 2.06 bits per heavy atom. The monoisotopic (exact) mass is 264 g/mol. The van der Waals surface area contributed by atoms with E-state index in [-0.39, 0.29) is 0 Å². The van der Waals surface area contributed by atoms with Gasteiger partial charge < -0.3 is 15.2 Å². The molecule has 18 heavy (non-hydrogen) atoms. The van der Waals surface area contributed by atoms with E-state index >= 15 is 0 Å². The lowest BCUT2D eigenvalue weighted by Crippen LogP contribution is -1.94. The second kappa shape index (κ2) is 5.37. The van der Waals surface area contributed by atoms with Crippen molar-refractivity contribution in [2.45, 2.75) is 13.5 Å². The normalized spacial score (nSPS) is 10.4. The number of hydrogen-bond donors (Lipinski definition) is 1. The van der Waals surface area contributed by atoms with Crippen molar-refractivity contribution in [1.82, 2.24) is 4.98 Å². The molecule has 0 saturated carbocycles. The van der Waals surface area contributed by atoms with Gasteiger partial charge in [-0.3, -0.25) is 0 Å². The van der Waals surface area contributed by atoms with E-state index in [9.17, 15) is 0 Å². The predicted octanol–water partition coefficient (Wildman–Crippen LogP) is 2.59. The van der Waals surface area contributed by atoms with E-state index in [1.54, 1.807) is 25.6 Å². The summed E-state index contributed by atoms with van der Waals surface area (Å²) in [4.78, 5) is 5.63. The third-order valence-corrected chi connectivity index (χ3v) is 3.93. The minimum absolute atomic E-state index is 0.516. The van der Waals surface area contributed by atoms with Gasteiger partial charge in [0.05, 0.1) is 25.5 Å². The molecule has 0 spiro atoms. The molecule has 2 N–H and O–H groups in total. The van der Waals surface area contributed by atoms with Gasteiger partial charge in [0, 0.05) is 17.5 Å². The summed E-state index contributed by atoms with van der Waals surface area (Å²) in [5, 5.41) is 0.924. The van der Waals surface area contributed by atoms with Crippen molar-refractivity contribution in [1.29, 1.82) is 0 Å². The fourth-order valence-electron chi connectivity index (χ4n) is 1.71. The van der Waals surface area contributed by atoms with Crippen molar-refractivity contribution in [3.63, 3.8) is 0 Å². The molecule has 4 nitrogen and oxygen atoms in total. The van der Waals surface area contributed by atoms with Crippen molar-refractivity contribution < 1.29 is 9.47 Å². The summed E-state index contributed by atoms with van der Waals surface area (Å²) in [6, 6.07) is 5.71. The standard InChI is InChI=1S/C13H16N2O2S/c1-8-12(7-14)18-13(15-8)10-5-4-9(16-2)6-11(10)17-3/h4-6H,7,14H2,1-3H3. The third kappa shape index (κ3) is 2.32. The topological polar surface area (TPSA) is 57.4 Å². The van der Waals surface area contributed by atoms with Crippen LogP contribution in [0, 0.1) is 6.92 Å². The molecule has 0 aliphatic rings. The summed E-state index contributed by atoms with van der Waals surface area (Å²) in [6.45, 7) is 2.49. The lowest BCUT2D eigenvalue weighted by molar-refractivity contribution is 0.395. The Morgan fingerprint density at radius 3 is 2.61 bits per heavy atom. The number of nitrogens with two attached hydrogens (primary N) is 1. The maximum Gasteiger partial charge on any atom is 0.132 e. The summed E-state index contributed by atoms with van der Waals surface area (Å²) in [5.41, 5.74) is 7.62. The minimum Gasteiger partial charge on any atom is -0.497 e. The molecule has 2 aromatic rings. The zero-order valence-electron chi connectivity index (χ0n) is 10.7. The molecular weight excluding hydrogens is 248 g/mol. The van der Waals surface area contributed by atoms with Crippen LogP contribution in [0.5, 0.6) is 11.5 Å². The Morgan fingerprint density at radius 1 is 1.28 bits per heavy atom. The van der Waals surface area contributed by atoms with Gasteiger partial charge in [-0.1, -0.05) is 0 Å². The quantitative estimate of drug-likeness (QED) is 0.922. The van der Waals surface area contributed by atoms with E-state index in [4.69, 9.17) is 15.2 Å². The minimum atomic E-state index is 0.516. The van der Waals surface area contributed by atoms with Crippen molar-refractivity contribution in [2.24, 2.45) is 5.73 Å². The molecule has 1 aromatic heterocycles. The van der Waals surface area contributed by atoms with Crippen LogP contribution in [0.4, 0.5) is 0 Å². The number of nitrogens with zero attached hydrogens (tertiary/aromatic N) is 1. The van der Waals surface area contributed by atoms with Gasteiger partial charge in [-0.2, -0.15) is 0 Å². The summed E-state index contributed by atoms with van der Waals surface area (Å²) in [5.74, 6) is 1.52. The maximum atomic E-state index is 5.68. The van der Waals surface area contributed by atoms with Crippen LogP contribution in [0.1, 0.15) is 10.6 Å². The fraction of sp³-hybridized carbons (Fsp3) is 0.308. The lowest BCUT2D eigenvalue weighted by atomic mass is 10.2. The summed E-state index contributed by atoms with van der Waals surface area (Å²) in [6.07, 6.45) is 0. The van der Waals surface area contributed by atoms with Crippen LogP contribution in [-0.2, 0) is 6.54 Å². The van der Waals surface area contributed by atoms with Crippen LogP contribution in [0.15, 0.2) is 18.2 Å². The summed E-state index contributed by atoms with van der Waals surface area (Å²) < 4.78 is 10.6. The molecule has 0 saturated heterocycles. The number of ether oxygens (including phenoxy) is 2. The first-order chi connectivity index (χ1) is 8.69. The molecule has 0 unspecified atom stereocenters. The van der Waals surface area contributed by atoms with E-state index in [2.05, 4.69) is 4.98 Å². The third-order valence-electron chi connectivity index (χ3n) is 2.72. The van der Waals surface area contributed by atoms with E-state index in [0.29, 0.717) is 6.54 Å². The van der Waals surface area contributed by atoms with Crippen molar-refractivity contribution in [2.75, 3.05) is 14.2 Å². The largest absolute Gasteiger partial charge is 0.497 e. The number of benzene rings is 1. The highest BCUT2D eigenvalue weighted by Gasteiger charge is 2.13. The highest BCUT2D eigenvalue weighted by molar-refractivity contribution is 7.15. The van der Waals surface area contributed by atoms with Crippen LogP contribution in [0.3, 0.4) is 0 Å². The molecule has 96 valence electrons. The van der Waals surface area contributed by atoms with E-state index in [1.165, 1.54) is 0 Å². The molecule has 0 aliphatic heterocycles. The molecule has 5 heteroatoms. The first-order valence-corrected chi connectivity index (χ1v) is 6.40. The van der Waals surface area contributed by atoms with Gasteiger partial charge in [-0.25, -0.2) is 4.98 Å². The number of thiazole rings is 1. The van der Waals surface area contributed by atoms with Gasteiger partial charge in [0.2, 0.25) is 0 Å². The highest BCUT2D eigenvalue weighted by Crippen LogP contribution is 2.36. The SMILES string of the molecule is COc1ccc(-c2nc(C)c(CN)s2)c(OC)c1. The smallest absolute Gasteiger partial charge is 0.132 e.